The molecule has 2 amide bonds. The topological polar surface area (TPSA) is 59.6 Å². The summed E-state index contributed by atoms with van der Waals surface area (Å²) in [6.07, 6.45) is 0. The highest BCUT2D eigenvalue weighted by Crippen LogP contribution is 2.31. The quantitative estimate of drug-likeness (QED) is 0.835. The van der Waals surface area contributed by atoms with Crippen LogP contribution in [0.3, 0.4) is 0 Å². The van der Waals surface area contributed by atoms with Crippen LogP contribution in [0, 0.1) is 0 Å². The Hall–Kier alpha value is -2.54. The molecule has 0 bridgehead atoms. The predicted octanol–water partition coefficient (Wildman–Crippen LogP) is 4.59. The first-order valence-electron chi connectivity index (χ1n) is 6.44. The molecule has 0 fully saturated rings. The molecule has 2 rings (SSSR count). The normalized spacial score (nSPS) is 10.3. The summed E-state index contributed by atoms with van der Waals surface area (Å²) in [6, 6.07) is 10.1. The van der Waals surface area contributed by atoms with E-state index in [0.717, 1.165) is 0 Å². The fraction of sp³-hybridized carbons (Fsp3) is 0.133. The number of alkyl halides is 2. The van der Waals surface area contributed by atoms with Gasteiger partial charge in [-0.3, -0.25) is 0 Å². The number of nitrogens with one attached hydrogen (secondary N) is 2. The molecule has 0 saturated carbocycles. The predicted molar refractivity (Wildman–Crippen MR) is 83.7 cm³/mol. The second-order valence-electron chi connectivity index (χ2n) is 4.33. The Kier molecular flexibility index (Phi) is 5.59. The Morgan fingerprint density at radius 2 is 1.65 bits per heavy atom. The summed E-state index contributed by atoms with van der Waals surface area (Å²) >= 11 is 5.75. The Morgan fingerprint density at radius 1 is 1.04 bits per heavy atom. The highest BCUT2D eigenvalue weighted by atomic mass is 35.5. The summed E-state index contributed by atoms with van der Waals surface area (Å²) in [5, 5.41) is 5.63. The molecule has 0 radical (unpaired) electrons. The van der Waals surface area contributed by atoms with E-state index in [9.17, 15) is 13.6 Å². The van der Waals surface area contributed by atoms with E-state index in [1.807, 2.05) is 0 Å². The molecule has 0 unspecified atom stereocenters. The molecule has 23 heavy (non-hydrogen) atoms. The molecule has 0 spiro atoms. The van der Waals surface area contributed by atoms with Crippen molar-refractivity contribution in [3.63, 3.8) is 0 Å². The van der Waals surface area contributed by atoms with Crippen LogP contribution in [0.1, 0.15) is 0 Å². The number of hydrogen-bond donors (Lipinski definition) is 2. The van der Waals surface area contributed by atoms with Gasteiger partial charge in [0, 0.05) is 22.5 Å². The van der Waals surface area contributed by atoms with Gasteiger partial charge in [-0.2, -0.15) is 8.78 Å². The van der Waals surface area contributed by atoms with Crippen molar-refractivity contribution in [2.45, 2.75) is 6.61 Å². The molecule has 0 aliphatic heterocycles. The van der Waals surface area contributed by atoms with Gasteiger partial charge in [-0.15, -0.1) is 0 Å². The highest BCUT2D eigenvalue weighted by Gasteiger charge is 2.12. The van der Waals surface area contributed by atoms with E-state index in [2.05, 4.69) is 15.4 Å². The Morgan fingerprint density at radius 3 is 2.26 bits per heavy atom. The van der Waals surface area contributed by atoms with E-state index in [4.69, 9.17) is 16.3 Å². The number of ether oxygens (including phenoxy) is 2. The molecule has 5 nitrogen and oxygen atoms in total. The Labute approximate surface area is 136 Å². The van der Waals surface area contributed by atoms with Gasteiger partial charge in [-0.1, -0.05) is 11.6 Å². The fourth-order valence-electron chi connectivity index (χ4n) is 1.77. The number of rotatable bonds is 5. The van der Waals surface area contributed by atoms with Gasteiger partial charge in [0.2, 0.25) is 0 Å². The first-order chi connectivity index (χ1) is 11.0. The summed E-state index contributed by atoms with van der Waals surface area (Å²) in [5.41, 5.74) is 0.803. The monoisotopic (exact) mass is 342 g/mol. The van der Waals surface area contributed by atoms with Crippen LogP contribution in [0.25, 0.3) is 0 Å². The zero-order valence-electron chi connectivity index (χ0n) is 12.0. The van der Waals surface area contributed by atoms with Crippen molar-refractivity contribution in [2.75, 3.05) is 17.7 Å². The van der Waals surface area contributed by atoms with Gasteiger partial charge in [0.15, 0.2) is 11.5 Å². The molecule has 0 atom stereocenters. The summed E-state index contributed by atoms with van der Waals surface area (Å²) in [4.78, 5) is 11.9. The third-order valence-corrected chi connectivity index (χ3v) is 2.99. The molecule has 0 aromatic heterocycles. The molecule has 122 valence electrons. The van der Waals surface area contributed by atoms with Gasteiger partial charge < -0.3 is 20.1 Å². The van der Waals surface area contributed by atoms with Crippen molar-refractivity contribution in [3.8, 4) is 11.5 Å². The number of halogens is 3. The maximum atomic E-state index is 12.4. The minimum atomic E-state index is -3.00. The molecule has 0 heterocycles. The lowest BCUT2D eigenvalue weighted by molar-refractivity contribution is -0.0511. The number of methoxy groups -OCH3 is 1. The van der Waals surface area contributed by atoms with Gasteiger partial charge in [0.1, 0.15) is 0 Å². The average molecular weight is 343 g/mol. The number of benzene rings is 2. The van der Waals surface area contributed by atoms with Crippen molar-refractivity contribution in [2.24, 2.45) is 0 Å². The molecule has 2 aromatic rings. The maximum absolute atomic E-state index is 12.4. The van der Waals surface area contributed by atoms with E-state index in [1.165, 1.54) is 25.3 Å². The molecule has 0 aliphatic carbocycles. The van der Waals surface area contributed by atoms with Crippen molar-refractivity contribution in [3.05, 3.63) is 47.5 Å². The largest absolute Gasteiger partial charge is 0.493 e. The van der Waals surface area contributed by atoms with Crippen LogP contribution in [0.4, 0.5) is 25.0 Å². The number of carbonyl (C=O) groups is 1. The van der Waals surface area contributed by atoms with Crippen molar-refractivity contribution >= 4 is 29.0 Å². The van der Waals surface area contributed by atoms with Crippen LogP contribution in [0.2, 0.25) is 5.02 Å². The van der Waals surface area contributed by atoms with Crippen molar-refractivity contribution in [1.29, 1.82) is 0 Å². The Bertz CT molecular complexity index is 681. The number of carbonyl (C=O) groups excluding carboxylic acids is 1. The number of hydrogen-bond acceptors (Lipinski definition) is 3. The van der Waals surface area contributed by atoms with E-state index in [0.29, 0.717) is 10.7 Å². The van der Waals surface area contributed by atoms with Crippen LogP contribution in [0.15, 0.2) is 42.5 Å². The highest BCUT2D eigenvalue weighted by molar-refractivity contribution is 6.30. The molecular weight excluding hydrogens is 330 g/mol. The molecule has 0 saturated heterocycles. The van der Waals surface area contributed by atoms with Gasteiger partial charge in [0.25, 0.3) is 0 Å². The zero-order valence-corrected chi connectivity index (χ0v) is 12.7. The number of urea groups is 1. The minimum absolute atomic E-state index is 0.133. The second-order valence-corrected chi connectivity index (χ2v) is 4.77. The summed E-state index contributed by atoms with van der Waals surface area (Å²) in [6.45, 7) is -3.00. The third-order valence-electron chi connectivity index (χ3n) is 2.74. The van der Waals surface area contributed by atoms with Crippen LogP contribution in [-0.4, -0.2) is 19.8 Å². The minimum Gasteiger partial charge on any atom is -0.493 e. The van der Waals surface area contributed by atoms with E-state index in [1.54, 1.807) is 24.3 Å². The van der Waals surface area contributed by atoms with Crippen molar-refractivity contribution < 1.29 is 23.0 Å². The zero-order chi connectivity index (χ0) is 16.8. The number of amides is 2. The maximum Gasteiger partial charge on any atom is 0.387 e. The van der Waals surface area contributed by atoms with Gasteiger partial charge >= 0.3 is 12.6 Å². The first-order valence-corrected chi connectivity index (χ1v) is 6.82. The summed E-state index contributed by atoms with van der Waals surface area (Å²) in [5.74, 6) is -0.0410. The molecular formula is C15H13ClF2N2O3. The summed E-state index contributed by atoms with van der Waals surface area (Å²) < 4.78 is 34.0. The Balaban J connectivity index is 2.06. The summed E-state index contributed by atoms with van der Waals surface area (Å²) in [7, 11) is 1.33. The molecule has 2 N–H and O–H groups in total. The molecule has 0 aliphatic rings. The van der Waals surface area contributed by atoms with E-state index < -0.39 is 12.6 Å². The lowest BCUT2D eigenvalue weighted by Crippen LogP contribution is -2.19. The lowest BCUT2D eigenvalue weighted by Gasteiger charge is -2.12. The average Bonchev–Trinajstić information content (AvgIpc) is 2.49. The number of anilines is 2. The smallest absolute Gasteiger partial charge is 0.387 e. The first kappa shape index (κ1) is 16.8. The van der Waals surface area contributed by atoms with Gasteiger partial charge in [-0.05, 0) is 36.4 Å². The van der Waals surface area contributed by atoms with Gasteiger partial charge in [-0.25, -0.2) is 4.79 Å². The fourth-order valence-corrected chi connectivity index (χ4v) is 1.90. The van der Waals surface area contributed by atoms with Crippen LogP contribution < -0.4 is 20.1 Å². The lowest BCUT2D eigenvalue weighted by atomic mass is 10.2. The van der Waals surface area contributed by atoms with E-state index >= 15 is 0 Å². The van der Waals surface area contributed by atoms with Gasteiger partial charge in [0.05, 0.1) is 7.11 Å². The third kappa shape index (κ3) is 5.00. The SMILES string of the molecule is COc1ccc(NC(=O)Nc2ccc(Cl)cc2)cc1OC(F)F. The van der Waals surface area contributed by atoms with Crippen molar-refractivity contribution in [1.82, 2.24) is 0 Å². The van der Waals surface area contributed by atoms with E-state index in [-0.39, 0.29) is 17.2 Å². The van der Waals surface area contributed by atoms with Crippen LogP contribution in [-0.2, 0) is 0 Å². The second kappa shape index (κ2) is 7.64. The molecule has 2 aromatic carbocycles. The van der Waals surface area contributed by atoms with Crippen LogP contribution >= 0.6 is 11.6 Å². The van der Waals surface area contributed by atoms with Crippen LogP contribution in [0.5, 0.6) is 11.5 Å². The molecule has 8 heteroatoms. The standard InChI is InChI=1S/C15H13ClF2N2O3/c1-22-12-7-6-11(8-13(12)23-14(17)18)20-15(21)19-10-4-2-9(16)3-5-10/h2-8,14H,1H3,(H2,19,20,21).